The number of nitrogens with zero attached hydrogens (tertiary/aromatic N) is 4. The molecule has 0 aromatic carbocycles. The van der Waals surface area contributed by atoms with Crippen LogP contribution in [0.25, 0.3) is 5.69 Å². The highest BCUT2D eigenvalue weighted by Gasteiger charge is 2.17. The molecule has 9 nitrogen and oxygen atoms in total. The van der Waals surface area contributed by atoms with Crippen LogP contribution in [0, 0.1) is 0 Å². The number of carbonyl (C=O) groups is 2. The van der Waals surface area contributed by atoms with Gasteiger partial charge in [-0.1, -0.05) is 0 Å². The van der Waals surface area contributed by atoms with Gasteiger partial charge >= 0.3 is 5.97 Å². The summed E-state index contributed by atoms with van der Waals surface area (Å²) in [4.78, 5) is 22.8. The van der Waals surface area contributed by atoms with Gasteiger partial charge in [0.15, 0.2) is 6.10 Å². The van der Waals surface area contributed by atoms with E-state index < -0.39 is 12.1 Å². The van der Waals surface area contributed by atoms with Gasteiger partial charge in [0, 0.05) is 13.0 Å². The highest BCUT2D eigenvalue weighted by atomic mass is 32.1. The number of hydrogen-bond acceptors (Lipinski definition) is 7. The van der Waals surface area contributed by atoms with Crippen LogP contribution in [0.2, 0.25) is 0 Å². The second kappa shape index (κ2) is 6.21. The van der Waals surface area contributed by atoms with Gasteiger partial charge in [0.1, 0.15) is 11.2 Å². The highest BCUT2D eigenvalue weighted by molar-refractivity contribution is 7.12. The van der Waals surface area contributed by atoms with Crippen molar-refractivity contribution in [1.29, 1.82) is 0 Å². The maximum atomic E-state index is 12.0. The van der Waals surface area contributed by atoms with Gasteiger partial charge in [-0.05, 0) is 21.9 Å². The van der Waals surface area contributed by atoms with E-state index in [-0.39, 0.29) is 18.9 Å². The van der Waals surface area contributed by atoms with E-state index in [9.17, 15) is 9.59 Å². The fourth-order valence-corrected chi connectivity index (χ4v) is 2.25. The summed E-state index contributed by atoms with van der Waals surface area (Å²) in [7, 11) is 0. The van der Waals surface area contributed by atoms with Crippen LogP contribution in [0.15, 0.2) is 17.8 Å². The molecule has 0 saturated heterocycles. The van der Waals surface area contributed by atoms with E-state index in [0.29, 0.717) is 10.6 Å². The Morgan fingerprint density at radius 3 is 2.95 bits per heavy atom. The van der Waals surface area contributed by atoms with Crippen LogP contribution in [-0.2, 0) is 4.79 Å². The first-order chi connectivity index (χ1) is 9.59. The average Bonchev–Trinajstić information content (AvgIpc) is 3.08. The van der Waals surface area contributed by atoms with Crippen molar-refractivity contribution in [2.45, 2.75) is 12.5 Å². The Morgan fingerprint density at radius 2 is 2.30 bits per heavy atom. The molecule has 20 heavy (non-hydrogen) atoms. The van der Waals surface area contributed by atoms with Gasteiger partial charge < -0.3 is 15.5 Å². The fraction of sp³-hybridized carbons (Fsp3) is 0.300. The minimum absolute atomic E-state index is 0.0548. The maximum Gasteiger partial charge on any atom is 0.332 e. The number of carboxylic acid groups (broad SMARTS) is 1. The summed E-state index contributed by atoms with van der Waals surface area (Å²) in [6, 6.07) is 1.70. The van der Waals surface area contributed by atoms with E-state index in [4.69, 9.17) is 10.2 Å². The summed E-state index contributed by atoms with van der Waals surface area (Å²) < 4.78 is 1.36. The number of carbonyl (C=O) groups excluding carboxylic acids is 1. The Morgan fingerprint density at radius 1 is 1.50 bits per heavy atom. The third-order valence-electron chi connectivity index (χ3n) is 2.43. The molecular weight excluding hydrogens is 286 g/mol. The topological polar surface area (TPSA) is 130 Å². The number of tetrazole rings is 1. The molecule has 2 rings (SSSR count). The number of hydrogen-bond donors (Lipinski definition) is 3. The van der Waals surface area contributed by atoms with Crippen molar-refractivity contribution in [1.82, 2.24) is 25.5 Å². The predicted molar refractivity (Wildman–Crippen MR) is 67.6 cm³/mol. The molecule has 10 heteroatoms. The number of thiophene rings is 1. The number of aliphatic hydroxyl groups is 1. The molecule has 0 bridgehead atoms. The first-order valence-corrected chi connectivity index (χ1v) is 6.47. The molecule has 106 valence electrons. The summed E-state index contributed by atoms with van der Waals surface area (Å²) in [5.41, 5.74) is 0.538. The molecule has 0 spiro atoms. The van der Waals surface area contributed by atoms with Crippen LogP contribution in [-0.4, -0.2) is 54.9 Å². The normalized spacial score (nSPS) is 12.1. The molecule has 0 radical (unpaired) electrons. The lowest BCUT2D eigenvalue weighted by atomic mass is 10.2. The van der Waals surface area contributed by atoms with Gasteiger partial charge in [-0.2, -0.15) is 4.68 Å². The molecule has 0 aliphatic rings. The van der Waals surface area contributed by atoms with E-state index in [1.54, 1.807) is 11.4 Å². The van der Waals surface area contributed by atoms with Crippen molar-refractivity contribution in [3.8, 4) is 5.69 Å². The molecule has 0 aliphatic carbocycles. The molecule has 2 aromatic heterocycles. The monoisotopic (exact) mass is 297 g/mol. The van der Waals surface area contributed by atoms with Crippen molar-refractivity contribution < 1.29 is 19.8 Å². The molecule has 3 N–H and O–H groups in total. The standard InChI is InChI=1S/C10H11N5O4S/c16-7(10(18)19)1-3-11-9(17)8-6(2-4-20-8)15-5-12-13-14-15/h2,4-5,7,16H,1,3H2,(H,11,17)(H,18,19)/t7-/m0/s1. The number of rotatable bonds is 6. The van der Waals surface area contributed by atoms with Gasteiger partial charge in [0.2, 0.25) is 0 Å². The molecular formula is C10H11N5O4S. The van der Waals surface area contributed by atoms with Crippen LogP contribution in [0.3, 0.4) is 0 Å². The summed E-state index contributed by atoms with van der Waals surface area (Å²) in [5.74, 6) is -1.69. The van der Waals surface area contributed by atoms with Gasteiger partial charge in [0.05, 0.1) is 5.69 Å². The zero-order valence-electron chi connectivity index (χ0n) is 10.1. The van der Waals surface area contributed by atoms with E-state index in [0.717, 1.165) is 0 Å². The third kappa shape index (κ3) is 3.16. The second-order valence-electron chi connectivity index (χ2n) is 3.79. The SMILES string of the molecule is O=C(NCC[C@H](O)C(=O)O)c1sccc1-n1cnnn1. The van der Waals surface area contributed by atoms with Gasteiger partial charge in [-0.25, -0.2) is 4.79 Å². The van der Waals surface area contributed by atoms with Crippen LogP contribution in [0.5, 0.6) is 0 Å². The maximum absolute atomic E-state index is 12.0. The van der Waals surface area contributed by atoms with Crippen LogP contribution < -0.4 is 5.32 Å². The summed E-state index contributed by atoms with van der Waals surface area (Å²) in [6.07, 6.45) is -0.183. The van der Waals surface area contributed by atoms with E-state index in [1.807, 2.05) is 0 Å². The molecule has 0 unspecified atom stereocenters. The Bertz CT molecular complexity index is 597. The van der Waals surface area contributed by atoms with Crippen molar-refractivity contribution in [3.63, 3.8) is 0 Å². The quantitative estimate of drug-likeness (QED) is 0.642. The van der Waals surface area contributed by atoms with Crippen LogP contribution >= 0.6 is 11.3 Å². The van der Waals surface area contributed by atoms with Crippen molar-refractivity contribution in [2.75, 3.05) is 6.54 Å². The molecule has 0 aliphatic heterocycles. The van der Waals surface area contributed by atoms with Gasteiger partial charge in [-0.15, -0.1) is 16.4 Å². The molecule has 2 aromatic rings. The average molecular weight is 297 g/mol. The van der Waals surface area contributed by atoms with Crippen LogP contribution in [0.4, 0.5) is 0 Å². The smallest absolute Gasteiger partial charge is 0.332 e. The van der Waals surface area contributed by atoms with Crippen molar-refractivity contribution in [3.05, 3.63) is 22.7 Å². The van der Waals surface area contributed by atoms with E-state index in [2.05, 4.69) is 20.8 Å². The lowest BCUT2D eigenvalue weighted by Crippen LogP contribution is -2.30. The Hall–Kier alpha value is -2.33. The molecule has 1 atom stereocenters. The minimum Gasteiger partial charge on any atom is -0.479 e. The number of aliphatic hydroxyl groups excluding tert-OH is 1. The number of aliphatic carboxylic acids is 1. The van der Waals surface area contributed by atoms with E-state index >= 15 is 0 Å². The first kappa shape index (κ1) is 14.1. The largest absolute Gasteiger partial charge is 0.479 e. The highest BCUT2D eigenvalue weighted by Crippen LogP contribution is 2.19. The molecule has 0 saturated carbocycles. The van der Waals surface area contributed by atoms with Gasteiger partial charge in [0.25, 0.3) is 5.91 Å². The number of carboxylic acids is 1. The Kier molecular flexibility index (Phi) is 4.38. The molecule has 1 amide bonds. The third-order valence-corrected chi connectivity index (χ3v) is 3.34. The summed E-state index contributed by atoms with van der Waals surface area (Å²) in [6.45, 7) is 0.0548. The fourth-order valence-electron chi connectivity index (χ4n) is 1.45. The van der Waals surface area contributed by atoms with Gasteiger partial charge in [-0.3, -0.25) is 4.79 Å². The summed E-state index contributed by atoms with van der Waals surface area (Å²) >= 11 is 1.21. The number of nitrogens with one attached hydrogen (secondary N) is 1. The van der Waals surface area contributed by atoms with E-state index in [1.165, 1.54) is 22.3 Å². The molecule has 0 fully saturated rings. The Labute approximate surface area is 116 Å². The van der Waals surface area contributed by atoms with Crippen molar-refractivity contribution >= 4 is 23.2 Å². The zero-order valence-corrected chi connectivity index (χ0v) is 10.9. The van der Waals surface area contributed by atoms with Crippen LogP contribution in [0.1, 0.15) is 16.1 Å². The number of aromatic nitrogens is 4. The lowest BCUT2D eigenvalue weighted by Gasteiger charge is -2.07. The molecule has 2 heterocycles. The predicted octanol–water partition coefficient (Wildman–Crippen LogP) is -0.711. The second-order valence-corrected chi connectivity index (χ2v) is 4.70. The lowest BCUT2D eigenvalue weighted by molar-refractivity contribution is -0.146. The first-order valence-electron chi connectivity index (χ1n) is 5.59. The minimum atomic E-state index is -1.49. The summed E-state index contributed by atoms with van der Waals surface area (Å²) in [5, 5.41) is 32.5. The Balaban J connectivity index is 1.97. The zero-order chi connectivity index (χ0) is 14.5. The number of amides is 1. The van der Waals surface area contributed by atoms with Crippen molar-refractivity contribution in [2.24, 2.45) is 0 Å².